The van der Waals surface area contributed by atoms with E-state index in [1.54, 1.807) is 0 Å². The number of amides is 1. The van der Waals surface area contributed by atoms with Crippen molar-refractivity contribution >= 4 is 11.6 Å². The Morgan fingerprint density at radius 1 is 1.17 bits per heavy atom. The number of primary amides is 1. The third kappa shape index (κ3) is 3.24. The largest absolute Gasteiger partial charge is 0.396 e. The molecule has 0 spiro atoms. The second-order valence-electron chi connectivity index (χ2n) is 5.96. The number of aromatic nitrogens is 1. The first-order valence-electron chi connectivity index (χ1n) is 7.76. The highest BCUT2D eigenvalue weighted by atomic mass is 16.3. The molecule has 1 aromatic heterocycles. The number of nitrogens with two attached hydrogens (primary N) is 1. The second-order valence-corrected chi connectivity index (χ2v) is 5.96. The number of nitrogens with zero attached hydrogens (tertiary/aromatic N) is 2. The van der Waals surface area contributed by atoms with Crippen molar-refractivity contribution in [2.45, 2.75) is 26.8 Å². The number of benzene rings is 1. The van der Waals surface area contributed by atoms with Crippen LogP contribution in [-0.4, -0.2) is 36.3 Å². The molecule has 0 atom stereocenters. The average Bonchev–Trinajstić information content (AvgIpc) is 2.76. The Morgan fingerprint density at radius 2 is 1.78 bits per heavy atom. The van der Waals surface area contributed by atoms with Gasteiger partial charge in [-0.2, -0.15) is 0 Å². The van der Waals surface area contributed by atoms with E-state index >= 15 is 0 Å². The summed E-state index contributed by atoms with van der Waals surface area (Å²) >= 11 is 0. The Morgan fingerprint density at radius 3 is 2.26 bits per heavy atom. The third-order valence-corrected chi connectivity index (χ3v) is 4.24. The van der Waals surface area contributed by atoms with Gasteiger partial charge in [-0.1, -0.05) is 12.1 Å². The molecule has 23 heavy (non-hydrogen) atoms. The van der Waals surface area contributed by atoms with Gasteiger partial charge in [0.1, 0.15) is 0 Å². The van der Waals surface area contributed by atoms with Gasteiger partial charge < -0.3 is 20.3 Å². The van der Waals surface area contributed by atoms with E-state index in [1.165, 1.54) is 0 Å². The van der Waals surface area contributed by atoms with Gasteiger partial charge in [0, 0.05) is 49.9 Å². The molecule has 1 heterocycles. The Hall–Kier alpha value is -2.27. The molecule has 5 nitrogen and oxygen atoms in total. The maximum atomic E-state index is 12.0. The highest BCUT2D eigenvalue weighted by molar-refractivity contribution is 6.02. The summed E-state index contributed by atoms with van der Waals surface area (Å²) in [5.74, 6) is -0.417. The molecular weight excluding hydrogens is 290 g/mol. The van der Waals surface area contributed by atoms with E-state index in [-0.39, 0.29) is 6.61 Å². The van der Waals surface area contributed by atoms with Gasteiger partial charge in [0.2, 0.25) is 0 Å². The maximum absolute atomic E-state index is 12.0. The summed E-state index contributed by atoms with van der Waals surface area (Å²) < 4.78 is 2.06. The van der Waals surface area contributed by atoms with Crippen LogP contribution in [-0.2, 0) is 6.54 Å². The molecule has 2 aromatic rings. The highest BCUT2D eigenvalue weighted by Crippen LogP contribution is 2.33. The summed E-state index contributed by atoms with van der Waals surface area (Å²) in [6.07, 6.45) is 0.646. The molecule has 3 N–H and O–H groups in total. The minimum absolute atomic E-state index is 0.121. The molecule has 2 rings (SSSR count). The zero-order chi connectivity index (χ0) is 17.1. The molecule has 0 radical (unpaired) electrons. The molecule has 0 aliphatic carbocycles. The number of hydrogen-bond acceptors (Lipinski definition) is 3. The van der Waals surface area contributed by atoms with Crippen LogP contribution in [0.15, 0.2) is 24.3 Å². The van der Waals surface area contributed by atoms with Crippen molar-refractivity contribution < 1.29 is 9.90 Å². The van der Waals surface area contributed by atoms with Crippen LogP contribution in [0.2, 0.25) is 0 Å². The molecule has 0 saturated heterocycles. The van der Waals surface area contributed by atoms with Crippen molar-refractivity contribution in [3.8, 4) is 11.1 Å². The first kappa shape index (κ1) is 17.1. The number of hydrogen-bond donors (Lipinski definition) is 2. The average molecular weight is 315 g/mol. The summed E-state index contributed by atoms with van der Waals surface area (Å²) in [5, 5.41) is 9.08. The van der Waals surface area contributed by atoms with Crippen molar-refractivity contribution in [2.24, 2.45) is 5.73 Å². The van der Waals surface area contributed by atoms with Crippen LogP contribution < -0.4 is 10.6 Å². The van der Waals surface area contributed by atoms with Crippen molar-refractivity contribution in [1.29, 1.82) is 0 Å². The monoisotopic (exact) mass is 315 g/mol. The summed E-state index contributed by atoms with van der Waals surface area (Å²) in [6.45, 7) is 4.69. The van der Waals surface area contributed by atoms with Crippen molar-refractivity contribution in [1.82, 2.24) is 4.57 Å². The number of carbonyl (C=O) groups excluding carboxylic acids is 1. The number of aliphatic hydroxyl groups excluding tert-OH is 1. The lowest BCUT2D eigenvalue weighted by Gasteiger charge is -2.13. The number of rotatable bonds is 6. The van der Waals surface area contributed by atoms with Gasteiger partial charge in [-0.25, -0.2) is 0 Å². The van der Waals surface area contributed by atoms with Crippen molar-refractivity contribution in [3.05, 3.63) is 41.2 Å². The quantitative estimate of drug-likeness (QED) is 0.859. The Balaban J connectivity index is 2.58. The molecule has 0 saturated carbocycles. The van der Waals surface area contributed by atoms with E-state index in [0.717, 1.165) is 28.2 Å². The van der Waals surface area contributed by atoms with Gasteiger partial charge in [0.05, 0.1) is 5.56 Å². The van der Waals surface area contributed by atoms with Crippen molar-refractivity contribution in [2.75, 3.05) is 25.6 Å². The van der Waals surface area contributed by atoms with E-state index in [4.69, 9.17) is 10.8 Å². The van der Waals surface area contributed by atoms with Crippen LogP contribution >= 0.6 is 0 Å². The van der Waals surface area contributed by atoms with E-state index in [2.05, 4.69) is 4.57 Å². The molecule has 0 aliphatic rings. The summed E-state index contributed by atoms with van der Waals surface area (Å²) in [4.78, 5) is 14.0. The Bertz CT molecular complexity index is 700. The minimum Gasteiger partial charge on any atom is -0.396 e. The number of anilines is 1. The minimum atomic E-state index is -0.417. The molecule has 0 unspecified atom stereocenters. The third-order valence-electron chi connectivity index (χ3n) is 4.24. The molecule has 0 aliphatic heterocycles. The normalized spacial score (nSPS) is 10.8. The molecule has 0 bridgehead atoms. The van der Waals surface area contributed by atoms with Crippen LogP contribution in [0.5, 0.6) is 0 Å². The smallest absolute Gasteiger partial charge is 0.251 e. The lowest BCUT2D eigenvalue weighted by molar-refractivity contribution is 0.1000. The van der Waals surface area contributed by atoms with Gasteiger partial charge >= 0.3 is 0 Å². The number of carbonyl (C=O) groups is 1. The van der Waals surface area contributed by atoms with E-state index in [1.807, 2.05) is 57.1 Å². The highest BCUT2D eigenvalue weighted by Gasteiger charge is 2.22. The fourth-order valence-corrected chi connectivity index (χ4v) is 3.03. The topological polar surface area (TPSA) is 71.5 Å². The SMILES string of the molecule is Cc1c(C(N)=O)c(-c2ccc(N(C)C)cc2)c(C)n1CCCO. The second kappa shape index (κ2) is 6.87. The summed E-state index contributed by atoms with van der Waals surface area (Å²) in [6, 6.07) is 8.08. The Labute approximate surface area is 137 Å². The molecule has 1 aromatic carbocycles. The van der Waals surface area contributed by atoms with Crippen LogP contribution in [0, 0.1) is 13.8 Å². The molecule has 1 amide bonds. The Kier molecular flexibility index (Phi) is 5.11. The number of aliphatic hydroxyl groups is 1. The van der Waals surface area contributed by atoms with Crippen molar-refractivity contribution in [3.63, 3.8) is 0 Å². The van der Waals surface area contributed by atoms with Gasteiger partial charge in [0.25, 0.3) is 5.91 Å². The first-order chi connectivity index (χ1) is 10.9. The van der Waals surface area contributed by atoms with Crippen LogP contribution in [0.25, 0.3) is 11.1 Å². The lowest BCUT2D eigenvalue weighted by atomic mass is 10.00. The fraction of sp³-hybridized carbons (Fsp3) is 0.389. The molecular formula is C18H25N3O2. The summed E-state index contributed by atoms with van der Waals surface area (Å²) in [5.41, 5.74) is 11.0. The predicted molar refractivity (Wildman–Crippen MR) is 93.9 cm³/mol. The summed E-state index contributed by atoms with van der Waals surface area (Å²) in [7, 11) is 3.98. The first-order valence-corrected chi connectivity index (χ1v) is 7.76. The maximum Gasteiger partial charge on any atom is 0.251 e. The van der Waals surface area contributed by atoms with Gasteiger partial charge in [-0.15, -0.1) is 0 Å². The van der Waals surface area contributed by atoms with Gasteiger partial charge in [0.15, 0.2) is 0 Å². The zero-order valence-corrected chi connectivity index (χ0v) is 14.3. The molecule has 0 fully saturated rings. The van der Waals surface area contributed by atoms with Gasteiger partial charge in [-0.3, -0.25) is 4.79 Å². The van der Waals surface area contributed by atoms with E-state index in [0.29, 0.717) is 18.5 Å². The fourth-order valence-electron chi connectivity index (χ4n) is 3.03. The van der Waals surface area contributed by atoms with Crippen LogP contribution in [0.4, 0.5) is 5.69 Å². The van der Waals surface area contributed by atoms with Crippen LogP contribution in [0.1, 0.15) is 28.2 Å². The standard InChI is InChI=1S/C18H25N3O2/c1-12-16(14-6-8-15(9-7-14)20(3)4)17(18(19)23)13(2)21(12)10-5-11-22/h6-9,22H,5,10-11H2,1-4H3,(H2,19,23). The van der Waals surface area contributed by atoms with Gasteiger partial charge in [-0.05, 0) is 38.0 Å². The zero-order valence-electron chi connectivity index (χ0n) is 14.3. The predicted octanol–water partition coefficient (Wildman–Crippen LogP) is 2.32. The van der Waals surface area contributed by atoms with E-state index < -0.39 is 5.91 Å². The molecule has 5 heteroatoms. The molecule has 124 valence electrons. The lowest BCUT2D eigenvalue weighted by Crippen LogP contribution is -2.13. The van der Waals surface area contributed by atoms with Crippen LogP contribution in [0.3, 0.4) is 0 Å². The van der Waals surface area contributed by atoms with E-state index in [9.17, 15) is 4.79 Å².